The third-order valence-electron chi connectivity index (χ3n) is 6.28. The Labute approximate surface area is 171 Å². The molecule has 1 aromatic carbocycles. The molecule has 0 radical (unpaired) electrons. The molecule has 2 fully saturated rings. The maximum atomic E-state index is 13.1. The minimum atomic E-state index is -0.313. The SMILES string of the molecule is O=C(CN(Cc1ccco1)C1CC1)NC1(c2ccc3c(c2)OCCO3)CCCC1. The molecule has 2 saturated carbocycles. The summed E-state index contributed by atoms with van der Waals surface area (Å²) in [7, 11) is 0. The van der Waals surface area contributed by atoms with E-state index in [0.29, 0.717) is 32.3 Å². The summed E-state index contributed by atoms with van der Waals surface area (Å²) >= 11 is 0. The Hall–Kier alpha value is -2.47. The molecule has 5 rings (SSSR count). The van der Waals surface area contributed by atoms with E-state index in [2.05, 4.69) is 22.3 Å². The molecule has 2 heterocycles. The first-order valence-electron chi connectivity index (χ1n) is 10.7. The van der Waals surface area contributed by atoms with Gasteiger partial charge in [0.05, 0.1) is 24.9 Å². The van der Waals surface area contributed by atoms with Gasteiger partial charge in [-0.1, -0.05) is 18.9 Å². The van der Waals surface area contributed by atoms with Crippen molar-refractivity contribution in [2.24, 2.45) is 0 Å². The topological polar surface area (TPSA) is 63.9 Å². The fourth-order valence-electron chi connectivity index (χ4n) is 4.65. The normalized spacial score (nSPS) is 20.0. The summed E-state index contributed by atoms with van der Waals surface area (Å²) in [6, 6.07) is 10.5. The van der Waals surface area contributed by atoms with Crippen molar-refractivity contribution in [3.63, 3.8) is 0 Å². The summed E-state index contributed by atoms with van der Waals surface area (Å²) in [4.78, 5) is 15.3. The van der Waals surface area contributed by atoms with Crippen molar-refractivity contribution < 1.29 is 18.7 Å². The molecule has 2 aromatic rings. The van der Waals surface area contributed by atoms with Gasteiger partial charge in [-0.3, -0.25) is 9.69 Å². The van der Waals surface area contributed by atoms with E-state index in [9.17, 15) is 4.79 Å². The maximum Gasteiger partial charge on any atom is 0.234 e. The van der Waals surface area contributed by atoms with Crippen molar-refractivity contribution in [2.45, 2.75) is 56.7 Å². The molecule has 0 spiro atoms. The van der Waals surface area contributed by atoms with Gasteiger partial charge in [0, 0.05) is 6.04 Å². The first-order chi connectivity index (χ1) is 14.2. The van der Waals surface area contributed by atoms with E-state index in [0.717, 1.165) is 61.3 Å². The van der Waals surface area contributed by atoms with Crippen LogP contribution in [0.5, 0.6) is 11.5 Å². The zero-order valence-corrected chi connectivity index (χ0v) is 16.7. The van der Waals surface area contributed by atoms with Crippen LogP contribution in [-0.4, -0.2) is 36.6 Å². The van der Waals surface area contributed by atoms with Gasteiger partial charge in [0.2, 0.25) is 5.91 Å². The molecule has 0 bridgehead atoms. The zero-order valence-electron chi connectivity index (χ0n) is 16.7. The molecular weight excluding hydrogens is 368 g/mol. The lowest BCUT2D eigenvalue weighted by molar-refractivity contribution is -0.124. The lowest BCUT2D eigenvalue weighted by Gasteiger charge is -2.33. The average Bonchev–Trinajstić information content (AvgIpc) is 3.25. The van der Waals surface area contributed by atoms with Gasteiger partial charge >= 0.3 is 0 Å². The highest BCUT2D eigenvalue weighted by Gasteiger charge is 2.39. The number of carbonyl (C=O) groups excluding carboxylic acids is 1. The zero-order chi connectivity index (χ0) is 19.7. The Morgan fingerprint density at radius 1 is 1.10 bits per heavy atom. The molecule has 154 valence electrons. The van der Waals surface area contributed by atoms with Crippen LogP contribution in [0.15, 0.2) is 41.0 Å². The van der Waals surface area contributed by atoms with Crippen molar-refractivity contribution in [1.29, 1.82) is 0 Å². The smallest absolute Gasteiger partial charge is 0.234 e. The number of nitrogens with zero attached hydrogens (tertiary/aromatic N) is 1. The fraction of sp³-hybridized carbons (Fsp3) is 0.522. The molecule has 6 nitrogen and oxygen atoms in total. The van der Waals surface area contributed by atoms with Gasteiger partial charge < -0.3 is 19.2 Å². The molecule has 0 unspecified atom stereocenters. The number of rotatable bonds is 7. The number of benzene rings is 1. The van der Waals surface area contributed by atoms with Crippen LogP contribution < -0.4 is 14.8 Å². The molecule has 1 amide bonds. The first kappa shape index (κ1) is 18.6. The second-order valence-electron chi connectivity index (χ2n) is 8.41. The molecule has 1 N–H and O–H groups in total. The van der Waals surface area contributed by atoms with Crippen LogP contribution in [0.4, 0.5) is 0 Å². The Morgan fingerprint density at radius 3 is 2.62 bits per heavy atom. The number of amides is 1. The number of ether oxygens (including phenoxy) is 2. The molecule has 1 aromatic heterocycles. The number of fused-ring (bicyclic) bond motifs is 1. The van der Waals surface area contributed by atoms with Gasteiger partial charge in [0.1, 0.15) is 19.0 Å². The van der Waals surface area contributed by atoms with Crippen molar-refractivity contribution in [1.82, 2.24) is 10.2 Å². The predicted molar refractivity (Wildman–Crippen MR) is 108 cm³/mol. The summed E-state index contributed by atoms with van der Waals surface area (Å²) in [5.74, 6) is 2.57. The van der Waals surface area contributed by atoms with Crippen LogP contribution in [0.3, 0.4) is 0 Å². The molecule has 2 aliphatic carbocycles. The van der Waals surface area contributed by atoms with E-state index in [-0.39, 0.29) is 11.4 Å². The lowest BCUT2D eigenvalue weighted by atomic mass is 9.87. The molecule has 0 atom stereocenters. The number of furan rings is 1. The molecule has 3 aliphatic rings. The summed E-state index contributed by atoms with van der Waals surface area (Å²) in [5.41, 5.74) is 0.809. The van der Waals surface area contributed by atoms with Crippen LogP contribution in [0, 0.1) is 0 Å². The van der Waals surface area contributed by atoms with E-state index < -0.39 is 0 Å². The standard InChI is InChI=1S/C23H28N2O4/c26-22(16-25(18-6-7-18)15-19-4-3-11-27-19)24-23(9-1-2-10-23)17-5-8-20-21(14-17)29-13-12-28-20/h3-5,8,11,14,18H,1-2,6-7,9-10,12-13,15-16H2,(H,24,26). The Balaban J connectivity index is 1.31. The molecule has 0 saturated heterocycles. The highest BCUT2D eigenvalue weighted by Crippen LogP contribution is 2.42. The Morgan fingerprint density at radius 2 is 1.90 bits per heavy atom. The molecule has 29 heavy (non-hydrogen) atoms. The third-order valence-corrected chi connectivity index (χ3v) is 6.28. The van der Waals surface area contributed by atoms with Gasteiger partial charge in [-0.25, -0.2) is 0 Å². The van der Waals surface area contributed by atoms with E-state index >= 15 is 0 Å². The summed E-state index contributed by atoms with van der Waals surface area (Å²) in [6.45, 7) is 2.24. The van der Waals surface area contributed by atoms with Crippen LogP contribution in [0.2, 0.25) is 0 Å². The highest BCUT2D eigenvalue weighted by atomic mass is 16.6. The van der Waals surface area contributed by atoms with Crippen molar-refractivity contribution in [3.8, 4) is 11.5 Å². The average molecular weight is 396 g/mol. The van der Waals surface area contributed by atoms with Gasteiger partial charge in [-0.05, 0) is 55.5 Å². The second kappa shape index (κ2) is 7.75. The minimum absolute atomic E-state index is 0.0836. The van der Waals surface area contributed by atoms with Gasteiger partial charge in [-0.2, -0.15) is 0 Å². The second-order valence-corrected chi connectivity index (χ2v) is 8.41. The van der Waals surface area contributed by atoms with Crippen molar-refractivity contribution >= 4 is 5.91 Å². The summed E-state index contributed by atoms with van der Waals surface area (Å²) in [5, 5.41) is 3.40. The van der Waals surface area contributed by atoms with E-state index in [1.54, 1.807) is 6.26 Å². The van der Waals surface area contributed by atoms with E-state index in [1.807, 2.05) is 18.2 Å². The lowest BCUT2D eigenvalue weighted by Crippen LogP contribution is -2.48. The fourth-order valence-corrected chi connectivity index (χ4v) is 4.65. The van der Waals surface area contributed by atoms with Crippen LogP contribution in [-0.2, 0) is 16.9 Å². The third kappa shape index (κ3) is 3.99. The van der Waals surface area contributed by atoms with E-state index in [4.69, 9.17) is 13.9 Å². The van der Waals surface area contributed by atoms with E-state index in [1.165, 1.54) is 0 Å². The summed E-state index contributed by atoms with van der Waals surface area (Å²) < 4.78 is 16.9. The predicted octanol–water partition coefficient (Wildman–Crippen LogP) is 3.60. The van der Waals surface area contributed by atoms with Gasteiger partial charge in [-0.15, -0.1) is 0 Å². The van der Waals surface area contributed by atoms with Crippen LogP contribution >= 0.6 is 0 Å². The first-order valence-corrected chi connectivity index (χ1v) is 10.7. The quantitative estimate of drug-likeness (QED) is 0.775. The maximum absolute atomic E-state index is 13.1. The van der Waals surface area contributed by atoms with Gasteiger partial charge in [0.15, 0.2) is 11.5 Å². The Kier molecular flexibility index (Phi) is 4.96. The Bertz CT molecular complexity index is 854. The molecular formula is C23H28N2O4. The largest absolute Gasteiger partial charge is 0.486 e. The number of carbonyl (C=O) groups is 1. The minimum Gasteiger partial charge on any atom is -0.486 e. The number of hydrogen-bond donors (Lipinski definition) is 1. The van der Waals surface area contributed by atoms with Crippen molar-refractivity contribution in [3.05, 3.63) is 47.9 Å². The van der Waals surface area contributed by atoms with Crippen LogP contribution in [0.1, 0.15) is 49.8 Å². The van der Waals surface area contributed by atoms with Gasteiger partial charge in [0.25, 0.3) is 0 Å². The van der Waals surface area contributed by atoms with Crippen LogP contribution in [0.25, 0.3) is 0 Å². The molecule has 6 heteroatoms. The highest BCUT2D eigenvalue weighted by molar-refractivity contribution is 5.79. The number of nitrogens with one attached hydrogen (secondary N) is 1. The van der Waals surface area contributed by atoms with Crippen molar-refractivity contribution in [2.75, 3.05) is 19.8 Å². The molecule has 1 aliphatic heterocycles. The monoisotopic (exact) mass is 396 g/mol. The number of hydrogen-bond acceptors (Lipinski definition) is 5. The summed E-state index contributed by atoms with van der Waals surface area (Å²) in [6.07, 6.45) is 8.15.